The maximum absolute atomic E-state index is 13.3. The number of halogens is 2. The van der Waals surface area contributed by atoms with E-state index >= 15 is 0 Å². The van der Waals surface area contributed by atoms with Crippen molar-refractivity contribution in [3.63, 3.8) is 0 Å². The van der Waals surface area contributed by atoms with Crippen molar-refractivity contribution in [1.82, 2.24) is 25.1 Å². The van der Waals surface area contributed by atoms with Crippen LogP contribution in [-0.4, -0.2) is 37.5 Å². The number of allylic oxidation sites excluding steroid dienone is 1. The lowest BCUT2D eigenvalue weighted by Gasteiger charge is -2.42. The summed E-state index contributed by atoms with van der Waals surface area (Å²) in [4.78, 5) is 11.3. The third kappa shape index (κ3) is 3.89. The second-order valence-corrected chi connectivity index (χ2v) is 9.17. The van der Waals surface area contributed by atoms with Gasteiger partial charge in [-0.15, -0.1) is 0 Å². The number of anilines is 2. The molecule has 1 aliphatic heterocycles. The van der Waals surface area contributed by atoms with Crippen molar-refractivity contribution in [1.29, 1.82) is 0 Å². The molecule has 2 aromatic carbocycles. The zero-order valence-corrected chi connectivity index (χ0v) is 18.6. The van der Waals surface area contributed by atoms with Gasteiger partial charge in [-0.25, -0.2) is 18.7 Å². The molecule has 0 radical (unpaired) electrons. The van der Waals surface area contributed by atoms with Crippen molar-refractivity contribution in [2.75, 3.05) is 11.9 Å². The van der Waals surface area contributed by atoms with Crippen LogP contribution < -0.4 is 5.32 Å². The van der Waals surface area contributed by atoms with E-state index in [1.165, 1.54) is 11.1 Å². The molecule has 172 valence electrons. The molecule has 0 bridgehead atoms. The molecule has 0 saturated heterocycles. The lowest BCUT2D eigenvalue weighted by molar-refractivity contribution is -0.105. The summed E-state index contributed by atoms with van der Waals surface area (Å²) in [5.74, 6) is -1.32. The Kier molecular flexibility index (Phi) is 4.83. The number of H-pyrrole nitrogens is 1. The molecule has 0 atom stereocenters. The molecular weight excluding hydrogens is 434 g/mol. The molecule has 34 heavy (non-hydrogen) atoms. The number of nitrogens with zero attached hydrogens (tertiary/aromatic N) is 4. The maximum atomic E-state index is 13.3. The molecule has 2 N–H and O–H groups in total. The first kappa shape index (κ1) is 20.8. The Balaban J connectivity index is 1.21. The smallest absolute Gasteiger partial charge is 0.249 e. The normalized spacial score (nSPS) is 17.3. The lowest BCUT2D eigenvalue weighted by atomic mass is 9.78. The first-order valence-corrected chi connectivity index (χ1v) is 11.4. The molecule has 8 heteroatoms. The fraction of sp³-hybridized carbons (Fsp3) is 0.269. The van der Waals surface area contributed by atoms with Gasteiger partial charge in [0.25, 0.3) is 0 Å². The van der Waals surface area contributed by atoms with Crippen molar-refractivity contribution in [3.8, 4) is 11.4 Å². The number of fused-ring (bicyclic) bond motifs is 2. The zero-order chi connectivity index (χ0) is 23.3. The Morgan fingerprint density at radius 3 is 2.85 bits per heavy atom. The largest absolute Gasteiger partial charge is 0.370 e. The fourth-order valence-electron chi connectivity index (χ4n) is 4.83. The number of rotatable bonds is 5. The molecule has 1 fully saturated rings. The highest BCUT2D eigenvalue weighted by molar-refractivity contribution is 5.82. The quantitative estimate of drug-likeness (QED) is 0.403. The Morgan fingerprint density at radius 1 is 1.12 bits per heavy atom. The van der Waals surface area contributed by atoms with E-state index in [1.807, 2.05) is 30.3 Å². The number of hydrogen-bond acceptors (Lipinski definition) is 5. The number of nitrogens with one attached hydrogen (secondary N) is 2. The van der Waals surface area contributed by atoms with E-state index in [-0.39, 0.29) is 18.8 Å². The molecule has 6 nitrogen and oxygen atoms in total. The molecule has 2 aliphatic rings. The Morgan fingerprint density at radius 2 is 2.00 bits per heavy atom. The van der Waals surface area contributed by atoms with Crippen molar-refractivity contribution in [2.24, 2.45) is 5.92 Å². The van der Waals surface area contributed by atoms with Crippen LogP contribution in [0.4, 0.5) is 20.3 Å². The molecule has 2 aromatic heterocycles. The minimum Gasteiger partial charge on any atom is -0.370 e. The van der Waals surface area contributed by atoms with Gasteiger partial charge < -0.3 is 10.2 Å². The van der Waals surface area contributed by atoms with Gasteiger partial charge in [0.15, 0.2) is 5.82 Å². The van der Waals surface area contributed by atoms with Gasteiger partial charge in [-0.3, -0.25) is 5.10 Å². The minimum absolute atomic E-state index is 0.0869. The highest BCUT2D eigenvalue weighted by Crippen LogP contribution is 2.46. The SMILES string of the molecule is C=C(C1CC(F)(F)C1)N1CCc2ccc(-c3nccc(Nc4ccc5[nH]ncc5c4)n3)cc2C1. The molecular formula is C26H24F2N6. The van der Waals surface area contributed by atoms with Crippen LogP contribution in [0.25, 0.3) is 22.3 Å². The molecule has 6 rings (SSSR count). The van der Waals surface area contributed by atoms with Gasteiger partial charge in [-0.1, -0.05) is 18.7 Å². The summed E-state index contributed by atoms with van der Waals surface area (Å²) in [5, 5.41) is 11.4. The fourth-order valence-corrected chi connectivity index (χ4v) is 4.83. The van der Waals surface area contributed by atoms with E-state index in [2.05, 4.69) is 44.1 Å². The second-order valence-electron chi connectivity index (χ2n) is 9.17. The number of alkyl halides is 2. The van der Waals surface area contributed by atoms with Crippen molar-refractivity contribution in [3.05, 3.63) is 78.3 Å². The summed E-state index contributed by atoms with van der Waals surface area (Å²) < 4.78 is 26.7. The lowest BCUT2D eigenvalue weighted by Crippen LogP contribution is -2.42. The van der Waals surface area contributed by atoms with E-state index in [9.17, 15) is 8.78 Å². The van der Waals surface area contributed by atoms with Crippen LogP contribution >= 0.6 is 0 Å². The first-order valence-electron chi connectivity index (χ1n) is 11.4. The standard InChI is InChI=1S/C26H24F2N6/c1-16(21-12-26(27,28)13-21)34-9-7-17-2-3-18(10-20(17)15-34)25-29-8-6-24(32-25)31-22-4-5-23-19(11-22)14-30-33-23/h2-6,8,10-11,14,21H,1,7,9,12-13,15H2,(H,30,33)(H,29,31,32). The van der Waals surface area contributed by atoms with Gasteiger partial charge in [-0.05, 0) is 47.9 Å². The van der Waals surface area contributed by atoms with Crippen LogP contribution in [0.1, 0.15) is 24.0 Å². The summed E-state index contributed by atoms with van der Waals surface area (Å²) in [5.41, 5.74) is 6.09. The van der Waals surface area contributed by atoms with Crippen molar-refractivity contribution < 1.29 is 8.78 Å². The predicted octanol–water partition coefficient (Wildman–Crippen LogP) is 5.68. The average Bonchev–Trinajstić information content (AvgIpc) is 3.29. The number of hydrogen-bond donors (Lipinski definition) is 2. The molecule has 1 aliphatic carbocycles. The summed E-state index contributed by atoms with van der Waals surface area (Å²) in [6, 6.07) is 14.1. The van der Waals surface area contributed by atoms with Gasteiger partial charge >= 0.3 is 0 Å². The predicted molar refractivity (Wildman–Crippen MR) is 128 cm³/mol. The first-order chi connectivity index (χ1) is 16.4. The van der Waals surface area contributed by atoms with Crippen LogP contribution in [0.15, 0.2) is 67.1 Å². The number of aromatic nitrogens is 4. The van der Waals surface area contributed by atoms with Crippen LogP contribution in [0.5, 0.6) is 0 Å². The molecule has 1 saturated carbocycles. The molecule has 3 heterocycles. The van der Waals surface area contributed by atoms with E-state index in [4.69, 9.17) is 4.98 Å². The van der Waals surface area contributed by atoms with Crippen LogP contribution in [0.3, 0.4) is 0 Å². The van der Waals surface area contributed by atoms with Crippen LogP contribution in [-0.2, 0) is 13.0 Å². The molecule has 0 spiro atoms. The molecule has 4 aromatic rings. The van der Waals surface area contributed by atoms with Gasteiger partial charge in [-0.2, -0.15) is 5.10 Å². The highest BCUT2D eigenvalue weighted by Gasteiger charge is 2.47. The molecule has 0 unspecified atom stereocenters. The third-order valence-corrected chi connectivity index (χ3v) is 6.81. The van der Waals surface area contributed by atoms with Gasteiger partial charge in [0.05, 0.1) is 11.7 Å². The molecule has 0 amide bonds. The zero-order valence-electron chi connectivity index (χ0n) is 18.6. The van der Waals surface area contributed by atoms with E-state index in [1.54, 1.807) is 12.4 Å². The van der Waals surface area contributed by atoms with Crippen LogP contribution in [0.2, 0.25) is 0 Å². The monoisotopic (exact) mass is 458 g/mol. The highest BCUT2D eigenvalue weighted by atomic mass is 19.3. The van der Waals surface area contributed by atoms with Gasteiger partial charge in [0.2, 0.25) is 5.92 Å². The van der Waals surface area contributed by atoms with Crippen LogP contribution in [0, 0.1) is 5.92 Å². The summed E-state index contributed by atoms with van der Waals surface area (Å²) in [6.45, 7) is 5.62. The van der Waals surface area contributed by atoms with E-state index in [0.29, 0.717) is 18.2 Å². The minimum atomic E-state index is -2.53. The Labute approximate surface area is 195 Å². The van der Waals surface area contributed by atoms with Gasteiger partial charge in [0.1, 0.15) is 5.82 Å². The van der Waals surface area contributed by atoms with Crippen molar-refractivity contribution in [2.45, 2.75) is 31.7 Å². The van der Waals surface area contributed by atoms with Crippen molar-refractivity contribution >= 4 is 22.4 Å². The maximum Gasteiger partial charge on any atom is 0.249 e. The average molecular weight is 459 g/mol. The summed E-state index contributed by atoms with van der Waals surface area (Å²) in [7, 11) is 0. The second kappa shape index (κ2) is 7.90. The summed E-state index contributed by atoms with van der Waals surface area (Å²) in [6.07, 6.45) is 4.22. The topological polar surface area (TPSA) is 69.7 Å². The van der Waals surface area contributed by atoms with Gasteiger partial charge in [0, 0.05) is 60.4 Å². The Bertz CT molecular complexity index is 1390. The Hall–Kier alpha value is -3.81. The van der Waals surface area contributed by atoms with E-state index < -0.39 is 5.92 Å². The number of aromatic amines is 1. The number of benzene rings is 2. The summed E-state index contributed by atoms with van der Waals surface area (Å²) >= 11 is 0. The van der Waals surface area contributed by atoms with E-state index in [0.717, 1.165) is 40.8 Å². The third-order valence-electron chi connectivity index (χ3n) is 6.81.